The van der Waals surface area contributed by atoms with Gasteiger partial charge in [0.2, 0.25) is 0 Å². The zero-order chi connectivity index (χ0) is 10.6. The van der Waals surface area contributed by atoms with Crippen LogP contribution >= 0.6 is 0 Å². The van der Waals surface area contributed by atoms with E-state index in [-0.39, 0.29) is 0 Å². The molecule has 0 aromatic rings. The number of hydrogen-bond acceptors (Lipinski definition) is 2. The van der Waals surface area contributed by atoms with E-state index in [1.165, 1.54) is 26.1 Å². The predicted octanol–water partition coefficient (Wildman–Crippen LogP) is 1.98. The van der Waals surface area contributed by atoms with E-state index >= 15 is 0 Å². The Morgan fingerprint density at radius 2 is 2.00 bits per heavy atom. The monoisotopic (exact) mass is 199 g/mol. The average molecular weight is 199 g/mol. The summed E-state index contributed by atoms with van der Waals surface area (Å²) in [4.78, 5) is 2.54. The molecular weight excluding hydrogens is 174 g/mol. The largest absolute Gasteiger partial charge is 0.396 e. The number of rotatable bonds is 6. The van der Waals surface area contributed by atoms with E-state index in [9.17, 15) is 0 Å². The van der Waals surface area contributed by atoms with Crippen LogP contribution in [0.1, 0.15) is 33.6 Å². The second-order valence-electron chi connectivity index (χ2n) is 5.01. The van der Waals surface area contributed by atoms with Crippen LogP contribution in [0, 0.1) is 17.8 Å². The van der Waals surface area contributed by atoms with Gasteiger partial charge in [-0.1, -0.05) is 27.2 Å². The van der Waals surface area contributed by atoms with Crippen LogP contribution in [0.2, 0.25) is 0 Å². The Morgan fingerprint density at radius 1 is 1.36 bits per heavy atom. The molecule has 0 spiro atoms. The molecule has 0 aliphatic carbocycles. The number of nitrogens with zero attached hydrogens (tertiary/aromatic N) is 1. The SMILES string of the molecule is CCC(CCO)CN1CC(C(C)C)C1. The smallest absolute Gasteiger partial charge is 0.0434 e. The molecule has 1 saturated heterocycles. The zero-order valence-electron chi connectivity index (χ0n) is 9.87. The molecule has 0 radical (unpaired) electrons. The van der Waals surface area contributed by atoms with Gasteiger partial charge in [-0.25, -0.2) is 0 Å². The summed E-state index contributed by atoms with van der Waals surface area (Å²) < 4.78 is 0. The number of hydrogen-bond donors (Lipinski definition) is 1. The molecule has 1 atom stereocenters. The van der Waals surface area contributed by atoms with Gasteiger partial charge in [0, 0.05) is 26.2 Å². The fourth-order valence-corrected chi connectivity index (χ4v) is 2.15. The molecule has 1 aliphatic heterocycles. The molecule has 1 aliphatic rings. The third kappa shape index (κ3) is 3.25. The van der Waals surface area contributed by atoms with E-state index in [4.69, 9.17) is 5.11 Å². The molecule has 1 fully saturated rings. The molecule has 0 amide bonds. The second-order valence-corrected chi connectivity index (χ2v) is 5.01. The van der Waals surface area contributed by atoms with Gasteiger partial charge in [-0.15, -0.1) is 0 Å². The molecule has 1 N–H and O–H groups in total. The molecule has 2 heteroatoms. The molecule has 1 rings (SSSR count). The quantitative estimate of drug-likeness (QED) is 0.707. The zero-order valence-corrected chi connectivity index (χ0v) is 9.87. The van der Waals surface area contributed by atoms with Crippen molar-refractivity contribution in [1.29, 1.82) is 0 Å². The summed E-state index contributed by atoms with van der Waals surface area (Å²) in [6.45, 7) is 10.9. The molecule has 0 bridgehead atoms. The Morgan fingerprint density at radius 3 is 2.43 bits per heavy atom. The van der Waals surface area contributed by atoms with E-state index in [0.717, 1.165) is 18.3 Å². The lowest BCUT2D eigenvalue weighted by molar-refractivity contribution is 0.0484. The first-order valence-corrected chi connectivity index (χ1v) is 6.00. The van der Waals surface area contributed by atoms with Gasteiger partial charge in [0.25, 0.3) is 0 Å². The van der Waals surface area contributed by atoms with Crippen LogP contribution in [0.3, 0.4) is 0 Å². The van der Waals surface area contributed by atoms with Gasteiger partial charge in [-0.05, 0) is 24.2 Å². The van der Waals surface area contributed by atoms with Crippen molar-refractivity contribution in [2.24, 2.45) is 17.8 Å². The van der Waals surface area contributed by atoms with Crippen LogP contribution in [0.5, 0.6) is 0 Å². The van der Waals surface area contributed by atoms with Crippen molar-refractivity contribution in [3.63, 3.8) is 0 Å². The highest BCUT2D eigenvalue weighted by atomic mass is 16.3. The van der Waals surface area contributed by atoms with Crippen LogP contribution in [0.15, 0.2) is 0 Å². The van der Waals surface area contributed by atoms with E-state index in [2.05, 4.69) is 25.7 Å². The normalized spacial score (nSPS) is 21.2. The second kappa shape index (κ2) is 5.72. The summed E-state index contributed by atoms with van der Waals surface area (Å²) in [6, 6.07) is 0. The number of aliphatic hydroxyl groups is 1. The van der Waals surface area contributed by atoms with Crippen molar-refractivity contribution >= 4 is 0 Å². The third-order valence-electron chi connectivity index (χ3n) is 3.56. The fraction of sp³-hybridized carbons (Fsp3) is 1.00. The standard InChI is InChI=1S/C12H25NO/c1-4-11(5-6-14)7-13-8-12(9-13)10(2)3/h10-12,14H,4-9H2,1-3H3. The highest BCUT2D eigenvalue weighted by Crippen LogP contribution is 2.25. The lowest BCUT2D eigenvalue weighted by Crippen LogP contribution is -2.50. The van der Waals surface area contributed by atoms with E-state index < -0.39 is 0 Å². The van der Waals surface area contributed by atoms with Gasteiger partial charge in [0.1, 0.15) is 0 Å². The van der Waals surface area contributed by atoms with Crippen molar-refractivity contribution in [3.8, 4) is 0 Å². The first kappa shape index (κ1) is 12.0. The molecule has 14 heavy (non-hydrogen) atoms. The molecule has 1 unspecified atom stereocenters. The Balaban J connectivity index is 2.14. The van der Waals surface area contributed by atoms with Crippen LogP contribution < -0.4 is 0 Å². The Hall–Kier alpha value is -0.0800. The maximum absolute atomic E-state index is 8.89. The summed E-state index contributed by atoms with van der Waals surface area (Å²) in [5.41, 5.74) is 0. The van der Waals surface area contributed by atoms with Gasteiger partial charge in [0.05, 0.1) is 0 Å². The lowest BCUT2D eigenvalue weighted by Gasteiger charge is -2.43. The number of likely N-dealkylation sites (tertiary alicyclic amines) is 1. The van der Waals surface area contributed by atoms with Crippen LogP contribution in [-0.2, 0) is 0 Å². The lowest BCUT2D eigenvalue weighted by atomic mass is 9.87. The number of aliphatic hydroxyl groups excluding tert-OH is 1. The fourth-order valence-electron chi connectivity index (χ4n) is 2.15. The Kier molecular flexibility index (Phi) is 4.90. The average Bonchev–Trinajstić information content (AvgIpc) is 2.07. The van der Waals surface area contributed by atoms with Crippen molar-refractivity contribution in [2.45, 2.75) is 33.6 Å². The molecule has 0 aromatic carbocycles. The highest BCUT2D eigenvalue weighted by molar-refractivity contribution is 4.82. The van der Waals surface area contributed by atoms with E-state index in [1.807, 2.05) is 0 Å². The van der Waals surface area contributed by atoms with Gasteiger partial charge >= 0.3 is 0 Å². The molecule has 0 saturated carbocycles. The third-order valence-corrected chi connectivity index (χ3v) is 3.56. The van der Waals surface area contributed by atoms with Gasteiger partial charge in [-0.3, -0.25) is 0 Å². The molecular formula is C12H25NO. The van der Waals surface area contributed by atoms with E-state index in [0.29, 0.717) is 12.5 Å². The first-order valence-electron chi connectivity index (χ1n) is 6.00. The summed E-state index contributed by atoms with van der Waals surface area (Å²) in [5, 5.41) is 8.89. The van der Waals surface area contributed by atoms with Crippen LogP contribution in [0.25, 0.3) is 0 Å². The van der Waals surface area contributed by atoms with Crippen LogP contribution in [-0.4, -0.2) is 36.2 Å². The van der Waals surface area contributed by atoms with E-state index in [1.54, 1.807) is 0 Å². The predicted molar refractivity (Wildman–Crippen MR) is 60.3 cm³/mol. The molecule has 0 aromatic heterocycles. The van der Waals surface area contributed by atoms with Crippen molar-refractivity contribution in [3.05, 3.63) is 0 Å². The van der Waals surface area contributed by atoms with Gasteiger partial charge in [0.15, 0.2) is 0 Å². The summed E-state index contributed by atoms with van der Waals surface area (Å²) in [6.07, 6.45) is 2.17. The minimum Gasteiger partial charge on any atom is -0.396 e. The first-order chi connectivity index (χ1) is 6.67. The summed E-state index contributed by atoms with van der Waals surface area (Å²) in [5.74, 6) is 2.46. The summed E-state index contributed by atoms with van der Waals surface area (Å²) in [7, 11) is 0. The molecule has 1 heterocycles. The highest BCUT2D eigenvalue weighted by Gasteiger charge is 2.29. The van der Waals surface area contributed by atoms with Crippen LogP contribution in [0.4, 0.5) is 0 Å². The van der Waals surface area contributed by atoms with Crippen molar-refractivity contribution in [2.75, 3.05) is 26.2 Å². The minimum absolute atomic E-state index is 0.347. The maximum atomic E-state index is 8.89. The molecule has 84 valence electrons. The van der Waals surface area contributed by atoms with Gasteiger partial charge in [-0.2, -0.15) is 0 Å². The van der Waals surface area contributed by atoms with Crippen molar-refractivity contribution in [1.82, 2.24) is 4.90 Å². The Bertz CT molecular complexity index is 152. The topological polar surface area (TPSA) is 23.5 Å². The van der Waals surface area contributed by atoms with Gasteiger partial charge < -0.3 is 10.0 Å². The molecule has 2 nitrogen and oxygen atoms in total. The van der Waals surface area contributed by atoms with Crippen molar-refractivity contribution < 1.29 is 5.11 Å². The maximum Gasteiger partial charge on any atom is 0.0434 e. The minimum atomic E-state index is 0.347. The Labute approximate surface area is 88.3 Å². The summed E-state index contributed by atoms with van der Waals surface area (Å²) >= 11 is 0.